The highest BCUT2D eigenvalue weighted by Crippen LogP contribution is 2.35. The highest BCUT2D eigenvalue weighted by atomic mass is 32.1. The van der Waals surface area contributed by atoms with Gasteiger partial charge in [0.1, 0.15) is 0 Å². The molecule has 132 valence electrons. The summed E-state index contributed by atoms with van der Waals surface area (Å²) in [6.45, 7) is 1.08. The van der Waals surface area contributed by atoms with E-state index in [2.05, 4.69) is 5.32 Å². The Labute approximate surface area is 160 Å². The van der Waals surface area contributed by atoms with E-state index in [0.29, 0.717) is 13.1 Å². The zero-order chi connectivity index (χ0) is 17.9. The summed E-state index contributed by atoms with van der Waals surface area (Å²) in [7, 11) is 0. The Bertz CT molecular complexity index is 904. The number of amides is 2. The van der Waals surface area contributed by atoms with Crippen LogP contribution in [0.4, 0.5) is 0 Å². The number of nitrogens with one attached hydrogen (secondary N) is 1. The zero-order valence-corrected chi connectivity index (χ0v) is 15.7. The van der Waals surface area contributed by atoms with Crippen molar-refractivity contribution in [2.45, 2.75) is 25.6 Å². The van der Waals surface area contributed by atoms with Crippen LogP contribution in [0.2, 0.25) is 0 Å². The van der Waals surface area contributed by atoms with E-state index in [0.717, 1.165) is 20.9 Å². The second-order valence-corrected chi connectivity index (χ2v) is 8.19. The molecule has 4 nitrogen and oxygen atoms in total. The highest BCUT2D eigenvalue weighted by Gasteiger charge is 2.34. The van der Waals surface area contributed by atoms with Gasteiger partial charge in [-0.15, -0.1) is 22.7 Å². The third kappa shape index (κ3) is 3.43. The van der Waals surface area contributed by atoms with Gasteiger partial charge in [0.05, 0.1) is 19.0 Å². The first kappa shape index (κ1) is 17.0. The summed E-state index contributed by atoms with van der Waals surface area (Å²) >= 11 is 3.21. The van der Waals surface area contributed by atoms with E-state index >= 15 is 0 Å². The molecule has 0 radical (unpaired) electrons. The molecule has 26 heavy (non-hydrogen) atoms. The van der Waals surface area contributed by atoms with Crippen molar-refractivity contribution in [1.29, 1.82) is 0 Å². The van der Waals surface area contributed by atoms with Gasteiger partial charge in [0.15, 0.2) is 0 Å². The fourth-order valence-corrected chi connectivity index (χ4v) is 4.70. The minimum Gasteiger partial charge on any atom is -0.351 e. The summed E-state index contributed by atoms with van der Waals surface area (Å²) in [5.41, 5.74) is 1.77. The van der Waals surface area contributed by atoms with Crippen LogP contribution in [-0.4, -0.2) is 16.7 Å². The van der Waals surface area contributed by atoms with Crippen LogP contribution in [0.3, 0.4) is 0 Å². The van der Waals surface area contributed by atoms with Crippen molar-refractivity contribution in [3.8, 4) is 0 Å². The number of carbonyl (C=O) groups is 2. The van der Waals surface area contributed by atoms with Crippen molar-refractivity contribution < 1.29 is 9.59 Å². The maximum Gasteiger partial charge on any atom is 0.255 e. The summed E-state index contributed by atoms with van der Waals surface area (Å²) in [5, 5.41) is 6.96. The molecule has 0 spiro atoms. The molecule has 6 heteroatoms. The number of carbonyl (C=O) groups excluding carboxylic acids is 2. The van der Waals surface area contributed by atoms with Gasteiger partial charge in [-0.2, -0.15) is 0 Å². The predicted octanol–water partition coefficient (Wildman–Crippen LogP) is 4.21. The fourth-order valence-electron chi connectivity index (χ4n) is 3.22. The van der Waals surface area contributed by atoms with Crippen LogP contribution in [-0.2, 0) is 17.9 Å². The molecule has 1 aromatic carbocycles. The van der Waals surface area contributed by atoms with E-state index in [9.17, 15) is 9.59 Å². The Hall–Kier alpha value is -2.44. The standard InChI is InChI=1S/C20H18N2O2S2/c23-19(21-12-15-6-3-9-25-15)11-17(18-8-4-10-26-18)22-13-14-5-1-2-7-16(14)20(22)24/h1-10,17H,11-13H2,(H,21,23). The average molecular weight is 383 g/mol. The van der Waals surface area contributed by atoms with Gasteiger partial charge in [-0.05, 0) is 34.5 Å². The minimum absolute atomic E-state index is 0.00468. The lowest BCUT2D eigenvalue weighted by Gasteiger charge is -2.26. The van der Waals surface area contributed by atoms with Crippen LogP contribution >= 0.6 is 22.7 Å². The van der Waals surface area contributed by atoms with Crippen molar-refractivity contribution in [1.82, 2.24) is 10.2 Å². The lowest BCUT2D eigenvalue weighted by Crippen LogP contribution is -2.33. The second kappa shape index (κ2) is 7.43. The number of hydrogen-bond donors (Lipinski definition) is 1. The molecule has 0 aliphatic carbocycles. The summed E-state index contributed by atoms with van der Waals surface area (Å²) < 4.78 is 0. The Balaban J connectivity index is 1.51. The first-order chi connectivity index (χ1) is 12.7. The van der Waals surface area contributed by atoms with Crippen molar-refractivity contribution in [3.05, 3.63) is 80.2 Å². The molecule has 0 saturated carbocycles. The molecule has 1 aliphatic rings. The molecule has 1 unspecified atom stereocenters. The third-order valence-electron chi connectivity index (χ3n) is 4.52. The third-order valence-corrected chi connectivity index (χ3v) is 6.37. The number of hydrogen-bond acceptors (Lipinski definition) is 4. The molecular weight excluding hydrogens is 364 g/mol. The summed E-state index contributed by atoms with van der Waals surface area (Å²) in [4.78, 5) is 29.4. The molecule has 2 aromatic heterocycles. The predicted molar refractivity (Wildman–Crippen MR) is 104 cm³/mol. The monoisotopic (exact) mass is 382 g/mol. The Morgan fingerprint density at radius 3 is 2.62 bits per heavy atom. The van der Waals surface area contributed by atoms with Gasteiger partial charge in [0.25, 0.3) is 5.91 Å². The number of benzene rings is 1. The SMILES string of the molecule is O=C(CC(c1cccs1)N1Cc2ccccc2C1=O)NCc1cccs1. The van der Waals surface area contributed by atoms with Crippen molar-refractivity contribution >= 4 is 34.5 Å². The topological polar surface area (TPSA) is 49.4 Å². The Morgan fingerprint density at radius 1 is 1.08 bits per heavy atom. The summed E-state index contributed by atoms with van der Waals surface area (Å²) in [6.07, 6.45) is 0.269. The van der Waals surface area contributed by atoms with Gasteiger partial charge >= 0.3 is 0 Å². The smallest absolute Gasteiger partial charge is 0.255 e. The molecule has 2 amide bonds. The Kier molecular flexibility index (Phi) is 4.86. The summed E-state index contributed by atoms with van der Waals surface area (Å²) in [5.74, 6) is -0.0365. The highest BCUT2D eigenvalue weighted by molar-refractivity contribution is 7.10. The quantitative estimate of drug-likeness (QED) is 0.694. The first-order valence-electron chi connectivity index (χ1n) is 8.44. The molecule has 0 bridgehead atoms. The van der Waals surface area contributed by atoms with E-state index in [1.165, 1.54) is 0 Å². The van der Waals surface area contributed by atoms with E-state index in [1.54, 1.807) is 22.7 Å². The van der Waals surface area contributed by atoms with Crippen LogP contribution in [0.1, 0.15) is 38.1 Å². The zero-order valence-electron chi connectivity index (χ0n) is 14.1. The van der Waals surface area contributed by atoms with Crippen LogP contribution in [0.25, 0.3) is 0 Å². The lowest BCUT2D eigenvalue weighted by atomic mass is 10.1. The molecule has 0 saturated heterocycles. The van der Waals surface area contributed by atoms with Crippen LogP contribution < -0.4 is 5.32 Å². The maximum absolute atomic E-state index is 12.9. The Morgan fingerprint density at radius 2 is 1.88 bits per heavy atom. The molecule has 4 rings (SSSR count). The number of nitrogens with zero attached hydrogens (tertiary/aromatic N) is 1. The molecule has 1 N–H and O–H groups in total. The molecule has 3 heterocycles. The molecule has 3 aromatic rings. The largest absolute Gasteiger partial charge is 0.351 e. The number of rotatable bonds is 6. The minimum atomic E-state index is -0.238. The van der Waals surface area contributed by atoms with Crippen LogP contribution in [0.5, 0.6) is 0 Å². The van der Waals surface area contributed by atoms with Gasteiger partial charge in [-0.1, -0.05) is 30.3 Å². The van der Waals surface area contributed by atoms with Gasteiger partial charge in [0, 0.05) is 21.9 Å². The second-order valence-electron chi connectivity index (χ2n) is 6.18. The number of thiophene rings is 2. The van der Waals surface area contributed by atoms with Crippen LogP contribution in [0, 0.1) is 0 Å². The molecule has 1 aliphatic heterocycles. The molecule has 0 fully saturated rings. The van der Waals surface area contributed by atoms with Crippen molar-refractivity contribution in [2.75, 3.05) is 0 Å². The summed E-state index contributed by atoms with van der Waals surface area (Å²) in [6, 6.07) is 15.4. The van der Waals surface area contributed by atoms with Crippen LogP contribution in [0.15, 0.2) is 59.3 Å². The average Bonchev–Trinajstić information content (AvgIpc) is 3.40. The normalized spacial score (nSPS) is 14.3. The van der Waals surface area contributed by atoms with Gasteiger partial charge < -0.3 is 10.2 Å². The van der Waals surface area contributed by atoms with Gasteiger partial charge in [-0.25, -0.2) is 0 Å². The van der Waals surface area contributed by atoms with Crippen molar-refractivity contribution in [3.63, 3.8) is 0 Å². The molecular formula is C20H18N2O2S2. The van der Waals surface area contributed by atoms with Gasteiger partial charge in [0.2, 0.25) is 5.91 Å². The fraction of sp³-hybridized carbons (Fsp3) is 0.200. The van der Waals surface area contributed by atoms with E-state index < -0.39 is 0 Å². The number of fused-ring (bicyclic) bond motifs is 1. The maximum atomic E-state index is 12.9. The molecule has 1 atom stereocenters. The van der Waals surface area contributed by atoms with E-state index in [1.807, 2.05) is 64.2 Å². The lowest BCUT2D eigenvalue weighted by molar-refractivity contribution is -0.122. The van der Waals surface area contributed by atoms with Crippen molar-refractivity contribution in [2.24, 2.45) is 0 Å². The van der Waals surface area contributed by atoms with Gasteiger partial charge in [-0.3, -0.25) is 9.59 Å². The van der Waals surface area contributed by atoms with E-state index in [4.69, 9.17) is 0 Å². The van der Waals surface area contributed by atoms with E-state index in [-0.39, 0.29) is 24.3 Å². The first-order valence-corrected chi connectivity index (χ1v) is 10.2.